The molecule has 1 heterocycles. The molecule has 0 bridgehead atoms. The number of benzene rings is 3. The Bertz CT molecular complexity index is 950. The van der Waals surface area contributed by atoms with Crippen molar-refractivity contribution in [1.82, 2.24) is 0 Å². The number of rotatable bonds is 14. The van der Waals surface area contributed by atoms with Gasteiger partial charge in [0.2, 0.25) is 0 Å². The Kier molecular flexibility index (Phi) is 10.0. The maximum Gasteiger partial charge on any atom is 0.183 e. The first-order valence-electron chi connectivity index (χ1n) is 12.7. The van der Waals surface area contributed by atoms with Crippen LogP contribution in [0.5, 0.6) is 5.75 Å². The molecule has 0 amide bonds. The summed E-state index contributed by atoms with van der Waals surface area (Å²) in [6.07, 6.45) is 9.76. The van der Waals surface area contributed by atoms with E-state index in [-0.39, 0.29) is 0 Å². The van der Waals surface area contributed by atoms with Crippen LogP contribution in [0.2, 0.25) is 0 Å². The minimum Gasteiger partial charge on any atom is -0.494 e. The second-order valence-corrected chi connectivity index (χ2v) is 10.9. The van der Waals surface area contributed by atoms with E-state index in [0.717, 1.165) is 44.2 Å². The lowest BCUT2D eigenvalue weighted by molar-refractivity contribution is 0.304. The Hall–Kier alpha value is -2.64. The molecule has 0 saturated carbocycles. The lowest BCUT2D eigenvalue weighted by Crippen LogP contribution is -2.20. The van der Waals surface area contributed by atoms with Crippen molar-refractivity contribution < 1.29 is 9.47 Å². The van der Waals surface area contributed by atoms with Crippen LogP contribution in [0, 0.1) is 0 Å². The molecule has 0 atom stereocenters. The van der Waals surface area contributed by atoms with Gasteiger partial charge in [0.15, 0.2) is 5.90 Å². The summed E-state index contributed by atoms with van der Waals surface area (Å²) in [5, 5.41) is 4.10. The molecule has 0 N–H and O–H groups in total. The number of nitrogens with zero attached hydrogens (tertiary/aromatic N) is 1. The van der Waals surface area contributed by atoms with Crippen molar-refractivity contribution in [3.63, 3.8) is 0 Å². The van der Waals surface area contributed by atoms with E-state index in [2.05, 4.69) is 89.9 Å². The van der Waals surface area contributed by atoms with Gasteiger partial charge in [0.05, 0.1) is 13.2 Å². The molecule has 0 fully saturated rings. The van der Waals surface area contributed by atoms with Crippen LogP contribution in [-0.4, -0.2) is 25.7 Å². The summed E-state index contributed by atoms with van der Waals surface area (Å²) in [4.78, 5) is 4.35. The highest BCUT2D eigenvalue weighted by Crippen LogP contribution is 2.33. The monoisotopic (exact) mass is 473 g/mol. The summed E-state index contributed by atoms with van der Waals surface area (Å²) in [6.45, 7) is 2.43. The summed E-state index contributed by atoms with van der Waals surface area (Å²) in [5.74, 6) is 1.94. The van der Waals surface area contributed by atoms with Crippen molar-refractivity contribution in [2.45, 2.75) is 51.4 Å². The smallest absolute Gasteiger partial charge is 0.183 e. The average Bonchev–Trinajstić information content (AvgIpc) is 3.41. The van der Waals surface area contributed by atoms with Crippen LogP contribution in [0.25, 0.3) is 0 Å². The summed E-state index contributed by atoms with van der Waals surface area (Å²) < 4.78 is 11.5. The fourth-order valence-electron chi connectivity index (χ4n) is 4.28. The van der Waals surface area contributed by atoms with Gasteiger partial charge in [-0.1, -0.05) is 105 Å². The van der Waals surface area contributed by atoms with E-state index in [9.17, 15) is 0 Å². The van der Waals surface area contributed by atoms with Crippen molar-refractivity contribution in [2.75, 3.05) is 19.8 Å². The topological polar surface area (TPSA) is 30.8 Å². The van der Waals surface area contributed by atoms with Crippen LogP contribution >= 0.6 is 7.92 Å². The summed E-state index contributed by atoms with van der Waals surface area (Å²) >= 11 is 0. The Morgan fingerprint density at radius 2 is 1.21 bits per heavy atom. The van der Waals surface area contributed by atoms with Crippen LogP contribution in [0.3, 0.4) is 0 Å². The predicted molar refractivity (Wildman–Crippen MR) is 146 cm³/mol. The number of aliphatic imine (C=N–C) groups is 1. The highest BCUT2D eigenvalue weighted by atomic mass is 31.1. The van der Waals surface area contributed by atoms with Gasteiger partial charge in [-0.15, -0.1) is 0 Å². The third-order valence-corrected chi connectivity index (χ3v) is 8.52. The molecule has 1 aliphatic heterocycles. The van der Waals surface area contributed by atoms with Crippen LogP contribution < -0.4 is 20.7 Å². The summed E-state index contributed by atoms with van der Waals surface area (Å²) in [5.41, 5.74) is 0. The zero-order valence-corrected chi connectivity index (χ0v) is 21.0. The molecular formula is C30H36NO2P. The van der Waals surface area contributed by atoms with E-state index in [4.69, 9.17) is 9.47 Å². The Balaban J connectivity index is 1.16. The number of hydrogen-bond donors (Lipinski definition) is 0. The lowest BCUT2D eigenvalue weighted by atomic mass is 10.1. The molecular weight excluding hydrogens is 437 g/mol. The Morgan fingerprint density at radius 3 is 1.79 bits per heavy atom. The molecule has 0 radical (unpaired) electrons. The average molecular weight is 474 g/mol. The Labute approximate surface area is 206 Å². The molecule has 3 nitrogen and oxygen atoms in total. The third kappa shape index (κ3) is 7.71. The van der Waals surface area contributed by atoms with Crippen molar-refractivity contribution in [1.29, 1.82) is 0 Å². The lowest BCUT2D eigenvalue weighted by Gasteiger charge is -2.19. The third-order valence-electron chi connectivity index (χ3n) is 6.08. The molecule has 1 aliphatic rings. The van der Waals surface area contributed by atoms with Gasteiger partial charge in [-0.25, -0.2) is 0 Å². The molecule has 0 spiro atoms. The van der Waals surface area contributed by atoms with Gasteiger partial charge in [-0.2, -0.15) is 0 Å². The molecule has 0 unspecified atom stereocenters. The zero-order valence-electron chi connectivity index (χ0n) is 20.1. The van der Waals surface area contributed by atoms with Crippen LogP contribution in [0.4, 0.5) is 0 Å². The van der Waals surface area contributed by atoms with Crippen molar-refractivity contribution in [2.24, 2.45) is 4.99 Å². The van der Waals surface area contributed by atoms with E-state index in [1.807, 2.05) is 0 Å². The fraction of sp³-hybridized carbons (Fsp3) is 0.367. The summed E-state index contributed by atoms with van der Waals surface area (Å²) in [7, 11) is -0.558. The van der Waals surface area contributed by atoms with Crippen molar-refractivity contribution in [3.8, 4) is 5.75 Å². The van der Waals surface area contributed by atoms with E-state index in [1.54, 1.807) is 0 Å². The van der Waals surface area contributed by atoms with Crippen LogP contribution in [0.15, 0.2) is 89.9 Å². The summed E-state index contributed by atoms with van der Waals surface area (Å²) in [6, 6.07) is 30.4. The van der Waals surface area contributed by atoms with Crippen LogP contribution in [0.1, 0.15) is 51.4 Å². The fourth-order valence-corrected chi connectivity index (χ4v) is 6.56. The number of ether oxygens (including phenoxy) is 2. The maximum atomic E-state index is 6.03. The number of unbranched alkanes of at least 4 members (excludes halogenated alkanes) is 6. The molecule has 0 saturated heterocycles. The first kappa shape index (κ1) is 24.5. The van der Waals surface area contributed by atoms with Crippen molar-refractivity contribution in [3.05, 3.63) is 84.9 Å². The molecule has 34 heavy (non-hydrogen) atoms. The van der Waals surface area contributed by atoms with Crippen molar-refractivity contribution >= 4 is 29.7 Å². The van der Waals surface area contributed by atoms with Gasteiger partial charge in [0.1, 0.15) is 12.4 Å². The van der Waals surface area contributed by atoms with Gasteiger partial charge in [-0.3, -0.25) is 4.99 Å². The van der Waals surface area contributed by atoms with E-state index in [0.29, 0.717) is 0 Å². The van der Waals surface area contributed by atoms with E-state index >= 15 is 0 Å². The SMILES string of the molecule is c1ccc(P(c2ccccc2)c2ccc(OCCCCCCCCCC3=NCCO3)cc2)cc1. The molecule has 4 rings (SSSR count). The molecule has 178 valence electrons. The molecule has 0 aromatic heterocycles. The predicted octanol–water partition coefficient (Wildman–Crippen LogP) is 6.37. The second kappa shape index (κ2) is 13.9. The first-order chi connectivity index (χ1) is 16.9. The highest BCUT2D eigenvalue weighted by Gasteiger charge is 2.16. The first-order valence-corrected chi connectivity index (χ1v) is 14.0. The largest absolute Gasteiger partial charge is 0.494 e. The highest BCUT2D eigenvalue weighted by molar-refractivity contribution is 7.79. The van der Waals surface area contributed by atoms with E-state index in [1.165, 1.54) is 54.4 Å². The zero-order chi connectivity index (χ0) is 23.3. The molecule has 3 aromatic carbocycles. The van der Waals surface area contributed by atoms with Gasteiger partial charge < -0.3 is 9.47 Å². The molecule has 4 heteroatoms. The van der Waals surface area contributed by atoms with Gasteiger partial charge >= 0.3 is 0 Å². The number of hydrogen-bond acceptors (Lipinski definition) is 3. The van der Waals surface area contributed by atoms with Gasteiger partial charge in [-0.05, 0) is 48.8 Å². The van der Waals surface area contributed by atoms with E-state index < -0.39 is 7.92 Å². The van der Waals surface area contributed by atoms with Crippen LogP contribution in [-0.2, 0) is 4.74 Å². The van der Waals surface area contributed by atoms with Gasteiger partial charge in [0.25, 0.3) is 0 Å². The van der Waals surface area contributed by atoms with Gasteiger partial charge in [0, 0.05) is 6.42 Å². The Morgan fingerprint density at radius 1 is 0.647 bits per heavy atom. The standard InChI is InChI=1S/C30H36NO2P/c1(2-4-12-18-30-31-23-25-33-30)3-5-13-24-32-26-19-21-29(22-20-26)34(27-14-8-6-9-15-27)28-16-10-7-11-17-28/h6-11,14-17,19-22H,1-5,12-13,18,23-25H2. The normalized spacial score (nSPS) is 13.0. The minimum atomic E-state index is -0.558. The quantitative estimate of drug-likeness (QED) is 0.201. The minimum absolute atomic E-state index is 0.558. The molecule has 3 aromatic rings. The molecule has 0 aliphatic carbocycles. The maximum absolute atomic E-state index is 6.03. The second-order valence-electron chi connectivity index (χ2n) is 8.70.